The normalized spacial score (nSPS) is 13.9. The van der Waals surface area contributed by atoms with Crippen molar-refractivity contribution in [1.82, 2.24) is 19.9 Å². The van der Waals surface area contributed by atoms with Crippen LogP contribution in [0.4, 0.5) is 17.3 Å². The highest BCUT2D eigenvalue weighted by atomic mass is 35.5. The third kappa shape index (κ3) is 4.69. The van der Waals surface area contributed by atoms with Crippen LogP contribution in [0.5, 0.6) is 5.75 Å². The van der Waals surface area contributed by atoms with E-state index in [1.165, 1.54) is 6.08 Å². The highest BCUT2D eigenvalue weighted by Gasteiger charge is 2.30. The molecule has 9 heteroatoms. The number of benzene rings is 2. The molecule has 1 amide bonds. The Morgan fingerprint density at radius 3 is 2.89 bits per heavy atom. The fourth-order valence-electron chi connectivity index (χ4n) is 4.46. The summed E-state index contributed by atoms with van der Waals surface area (Å²) in [5, 5.41) is 4.72. The van der Waals surface area contributed by atoms with Gasteiger partial charge in [-0.15, -0.1) is 0 Å². The Morgan fingerprint density at radius 1 is 1.32 bits per heavy atom. The Kier molecular flexibility index (Phi) is 6.69. The molecule has 0 atom stereocenters. The van der Waals surface area contributed by atoms with Gasteiger partial charge in [-0.3, -0.25) is 9.69 Å². The average Bonchev–Trinajstić information content (AvgIpc) is 3.48. The number of hydrogen-bond acceptors (Lipinski definition) is 6. The minimum absolute atomic E-state index is 0.191. The van der Waals surface area contributed by atoms with Crippen molar-refractivity contribution in [1.29, 1.82) is 0 Å². The van der Waals surface area contributed by atoms with E-state index in [0.717, 1.165) is 33.4 Å². The smallest absolute Gasteiger partial charge is 0.254 e. The number of rotatable bonds is 7. The third-order valence-corrected chi connectivity index (χ3v) is 6.50. The Bertz CT molecular complexity index is 1540. The van der Waals surface area contributed by atoms with Crippen molar-refractivity contribution in [2.75, 3.05) is 38.0 Å². The number of ether oxygens (including phenoxy) is 1. The Hall–Kier alpha value is -4.14. The molecule has 8 nitrogen and oxygen atoms in total. The zero-order valence-corrected chi connectivity index (χ0v) is 21.6. The van der Waals surface area contributed by atoms with E-state index in [4.69, 9.17) is 21.3 Å². The molecule has 0 spiro atoms. The number of hydrogen-bond donors (Lipinski definition) is 2. The van der Waals surface area contributed by atoms with E-state index in [-0.39, 0.29) is 5.91 Å². The fraction of sp³-hybridized carbons (Fsp3) is 0.179. The summed E-state index contributed by atoms with van der Waals surface area (Å²) in [6.07, 6.45) is 7.45. The number of nitrogens with one attached hydrogen (secondary N) is 2. The van der Waals surface area contributed by atoms with Crippen LogP contribution in [-0.2, 0) is 11.2 Å². The standard InChI is InChI=1S/C28H27ClN6O2/c1-5-26(36)35-18(10-11-34(2)3)12-17-13-25(37-4)23(14-24(17)35)32-28-31-16-21(29)27(33-28)20-15-30-22-9-7-6-8-19(20)22/h5-10,13-16,30H,1,11-12H2,2-4H3,(H,31,32,33)/b18-10+. The molecule has 2 aromatic carbocycles. The summed E-state index contributed by atoms with van der Waals surface area (Å²) in [6.45, 7) is 4.40. The zero-order valence-electron chi connectivity index (χ0n) is 20.9. The summed E-state index contributed by atoms with van der Waals surface area (Å²) in [5.41, 5.74) is 5.76. The van der Waals surface area contributed by atoms with Gasteiger partial charge in [0, 0.05) is 41.3 Å². The molecule has 0 radical (unpaired) electrons. The quantitative estimate of drug-likeness (QED) is 0.314. The van der Waals surface area contributed by atoms with Crippen LogP contribution in [0.2, 0.25) is 5.02 Å². The van der Waals surface area contributed by atoms with Crippen LogP contribution in [0.25, 0.3) is 22.2 Å². The Labute approximate surface area is 220 Å². The van der Waals surface area contributed by atoms with Gasteiger partial charge in [-0.25, -0.2) is 9.97 Å². The maximum absolute atomic E-state index is 12.8. The molecule has 0 bridgehead atoms. The van der Waals surface area contributed by atoms with Gasteiger partial charge in [-0.05, 0) is 43.9 Å². The number of carbonyl (C=O) groups excluding carboxylic acids is 1. The number of H-pyrrole nitrogens is 1. The van der Waals surface area contributed by atoms with E-state index in [1.54, 1.807) is 18.2 Å². The number of fused-ring (bicyclic) bond motifs is 2. The number of halogens is 1. The summed E-state index contributed by atoms with van der Waals surface area (Å²) in [7, 11) is 5.58. The molecule has 5 rings (SSSR count). The van der Waals surface area contributed by atoms with Crippen molar-refractivity contribution in [3.8, 4) is 17.0 Å². The molecule has 37 heavy (non-hydrogen) atoms. The van der Waals surface area contributed by atoms with Gasteiger partial charge in [-0.1, -0.05) is 42.5 Å². The van der Waals surface area contributed by atoms with Crippen LogP contribution in [0, 0.1) is 0 Å². The van der Waals surface area contributed by atoms with Gasteiger partial charge < -0.3 is 19.9 Å². The second-order valence-corrected chi connectivity index (χ2v) is 9.36. The average molecular weight is 515 g/mol. The fourth-order valence-corrected chi connectivity index (χ4v) is 4.66. The first-order chi connectivity index (χ1) is 17.9. The van der Waals surface area contributed by atoms with Gasteiger partial charge in [0.1, 0.15) is 5.75 Å². The number of amides is 1. The van der Waals surface area contributed by atoms with Crippen molar-refractivity contribution < 1.29 is 9.53 Å². The second kappa shape index (κ2) is 10.1. The molecule has 0 fully saturated rings. The molecular weight excluding hydrogens is 488 g/mol. The van der Waals surface area contributed by atoms with Crippen molar-refractivity contribution >= 4 is 45.7 Å². The predicted octanol–water partition coefficient (Wildman–Crippen LogP) is 5.55. The first kappa shape index (κ1) is 24.5. The van der Waals surface area contributed by atoms with Crippen molar-refractivity contribution in [2.24, 2.45) is 0 Å². The number of aromatic amines is 1. The van der Waals surface area contributed by atoms with Gasteiger partial charge in [0.15, 0.2) is 0 Å². The molecule has 0 saturated heterocycles. The first-order valence-electron chi connectivity index (χ1n) is 11.8. The number of para-hydroxylation sites is 1. The lowest BCUT2D eigenvalue weighted by Gasteiger charge is -2.20. The van der Waals surface area contributed by atoms with E-state index < -0.39 is 0 Å². The summed E-state index contributed by atoms with van der Waals surface area (Å²) < 4.78 is 5.68. The van der Waals surface area contributed by atoms with Gasteiger partial charge in [-0.2, -0.15) is 0 Å². The largest absolute Gasteiger partial charge is 0.495 e. The van der Waals surface area contributed by atoms with Crippen molar-refractivity contribution in [3.05, 3.63) is 83.8 Å². The van der Waals surface area contributed by atoms with Crippen LogP contribution >= 0.6 is 11.6 Å². The second-order valence-electron chi connectivity index (χ2n) is 8.96. The van der Waals surface area contributed by atoms with Gasteiger partial charge >= 0.3 is 0 Å². The SMILES string of the molecule is C=CC(=O)N1/C(=C/CN(C)C)Cc2cc(OC)c(Nc3ncc(Cl)c(-c4c[nH]c5ccccc45)n3)cc21. The highest BCUT2D eigenvalue weighted by molar-refractivity contribution is 6.33. The lowest BCUT2D eigenvalue weighted by molar-refractivity contribution is -0.113. The van der Waals surface area contributed by atoms with Crippen LogP contribution in [0.3, 0.4) is 0 Å². The van der Waals surface area contributed by atoms with Gasteiger partial charge in [0.2, 0.25) is 5.95 Å². The van der Waals surface area contributed by atoms with Crippen LogP contribution < -0.4 is 15.0 Å². The lowest BCUT2D eigenvalue weighted by atomic mass is 10.1. The molecule has 188 valence electrons. The molecule has 0 saturated carbocycles. The van der Waals surface area contributed by atoms with E-state index in [2.05, 4.69) is 27.9 Å². The summed E-state index contributed by atoms with van der Waals surface area (Å²) in [5.74, 6) is 0.779. The van der Waals surface area contributed by atoms with E-state index >= 15 is 0 Å². The van der Waals surface area contributed by atoms with Crippen LogP contribution in [0.15, 0.2) is 73.2 Å². The number of nitrogens with zero attached hydrogens (tertiary/aromatic N) is 4. The number of carbonyl (C=O) groups is 1. The highest BCUT2D eigenvalue weighted by Crippen LogP contribution is 2.42. The van der Waals surface area contributed by atoms with Crippen LogP contribution in [-0.4, -0.2) is 53.5 Å². The van der Waals surface area contributed by atoms with Crippen LogP contribution in [0.1, 0.15) is 5.56 Å². The summed E-state index contributed by atoms with van der Waals surface area (Å²) >= 11 is 6.51. The molecule has 2 N–H and O–H groups in total. The summed E-state index contributed by atoms with van der Waals surface area (Å²) in [4.78, 5) is 28.9. The van der Waals surface area contributed by atoms with Crippen molar-refractivity contribution in [3.63, 3.8) is 0 Å². The molecule has 4 aromatic rings. The minimum Gasteiger partial charge on any atom is -0.495 e. The lowest BCUT2D eigenvalue weighted by Crippen LogP contribution is -2.26. The monoisotopic (exact) mass is 514 g/mol. The zero-order chi connectivity index (χ0) is 26.1. The summed E-state index contributed by atoms with van der Waals surface area (Å²) in [6, 6.07) is 11.8. The maximum Gasteiger partial charge on any atom is 0.254 e. The number of likely N-dealkylation sites (N-methyl/N-ethyl adjacent to an activating group) is 1. The molecule has 0 unspecified atom stereocenters. The molecule has 2 aromatic heterocycles. The number of aromatic nitrogens is 3. The van der Waals surface area contributed by atoms with Gasteiger partial charge in [0.05, 0.1) is 35.4 Å². The van der Waals surface area contributed by atoms with E-state index in [0.29, 0.717) is 41.1 Å². The molecule has 1 aliphatic rings. The number of methoxy groups -OCH3 is 1. The van der Waals surface area contributed by atoms with E-state index in [9.17, 15) is 4.79 Å². The Morgan fingerprint density at radius 2 is 2.14 bits per heavy atom. The Balaban J connectivity index is 1.54. The molecule has 3 heterocycles. The predicted molar refractivity (Wildman–Crippen MR) is 149 cm³/mol. The molecule has 1 aliphatic heterocycles. The molecular formula is C28H27ClN6O2. The first-order valence-corrected chi connectivity index (χ1v) is 12.1. The van der Waals surface area contributed by atoms with Crippen molar-refractivity contribution in [2.45, 2.75) is 6.42 Å². The topological polar surface area (TPSA) is 86.4 Å². The molecule has 0 aliphatic carbocycles. The maximum atomic E-state index is 12.8. The third-order valence-electron chi connectivity index (χ3n) is 6.22. The van der Waals surface area contributed by atoms with E-state index in [1.807, 2.05) is 61.6 Å². The number of allylic oxidation sites excluding steroid dienone is 1. The number of anilines is 3. The van der Waals surface area contributed by atoms with Gasteiger partial charge in [0.25, 0.3) is 5.91 Å². The minimum atomic E-state index is -0.191.